The molecular formula is C19H15ClN4OS. The van der Waals surface area contributed by atoms with Crippen LogP contribution in [0.2, 0.25) is 5.02 Å². The molecule has 5 nitrogen and oxygen atoms in total. The maximum atomic E-state index is 13.2. The van der Waals surface area contributed by atoms with Gasteiger partial charge >= 0.3 is 0 Å². The minimum atomic E-state index is -0.188. The molecule has 0 unspecified atom stereocenters. The zero-order valence-corrected chi connectivity index (χ0v) is 15.5. The van der Waals surface area contributed by atoms with Gasteiger partial charge in [-0.15, -0.1) is 0 Å². The van der Waals surface area contributed by atoms with Crippen molar-refractivity contribution in [3.05, 3.63) is 77.3 Å². The smallest absolute Gasteiger partial charge is 0.296 e. The first-order valence-electron chi connectivity index (χ1n) is 8.01. The van der Waals surface area contributed by atoms with Crippen molar-refractivity contribution in [2.45, 2.75) is 6.54 Å². The van der Waals surface area contributed by atoms with Crippen LogP contribution in [0, 0.1) is 0 Å². The highest BCUT2D eigenvalue weighted by Gasteiger charge is 2.24. The number of hydrogen-bond donors (Lipinski definition) is 0. The Balaban J connectivity index is 1.78. The Bertz CT molecular complexity index is 1070. The van der Waals surface area contributed by atoms with Gasteiger partial charge in [0.15, 0.2) is 11.0 Å². The number of hydrogen-bond acceptors (Lipinski definition) is 4. The highest BCUT2D eigenvalue weighted by atomic mass is 35.5. The van der Waals surface area contributed by atoms with Gasteiger partial charge in [0.2, 0.25) is 0 Å². The van der Waals surface area contributed by atoms with Gasteiger partial charge < -0.3 is 4.57 Å². The van der Waals surface area contributed by atoms with E-state index >= 15 is 0 Å². The summed E-state index contributed by atoms with van der Waals surface area (Å²) < 4.78 is 2.66. The number of halogens is 1. The van der Waals surface area contributed by atoms with Crippen molar-refractivity contribution in [3.8, 4) is 0 Å². The van der Waals surface area contributed by atoms with Crippen molar-refractivity contribution in [2.75, 3.05) is 4.90 Å². The molecule has 0 bridgehead atoms. The number of fused-ring (bicyclic) bond motifs is 1. The van der Waals surface area contributed by atoms with Gasteiger partial charge in [-0.1, -0.05) is 53.3 Å². The maximum Gasteiger partial charge on any atom is 0.296 e. The van der Waals surface area contributed by atoms with Crippen LogP contribution in [-0.2, 0) is 13.6 Å². The van der Waals surface area contributed by atoms with Gasteiger partial charge in [-0.2, -0.15) is 0 Å². The summed E-state index contributed by atoms with van der Waals surface area (Å²) >= 11 is 7.53. The summed E-state index contributed by atoms with van der Waals surface area (Å²) in [4.78, 5) is 23.7. The van der Waals surface area contributed by atoms with Gasteiger partial charge in [0, 0.05) is 24.5 Å². The summed E-state index contributed by atoms with van der Waals surface area (Å²) in [7, 11) is 1.80. The number of amides is 1. The average molecular weight is 383 g/mol. The van der Waals surface area contributed by atoms with E-state index in [0.717, 1.165) is 15.8 Å². The fourth-order valence-corrected chi connectivity index (χ4v) is 3.93. The van der Waals surface area contributed by atoms with Crippen LogP contribution in [0.1, 0.15) is 16.2 Å². The van der Waals surface area contributed by atoms with E-state index in [9.17, 15) is 4.79 Å². The molecule has 0 atom stereocenters. The lowest BCUT2D eigenvalue weighted by Gasteiger charge is -2.19. The Morgan fingerprint density at radius 3 is 2.77 bits per heavy atom. The van der Waals surface area contributed by atoms with Gasteiger partial charge in [0.25, 0.3) is 5.91 Å². The van der Waals surface area contributed by atoms with Gasteiger partial charge in [-0.3, -0.25) is 9.69 Å². The van der Waals surface area contributed by atoms with E-state index in [0.29, 0.717) is 22.5 Å². The molecule has 26 heavy (non-hydrogen) atoms. The van der Waals surface area contributed by atoms with E-state index in [1.165, 1.54) is 11.3 Å². The lowest BCUT2D eigenvalue weighted by molar-refractivity contribution is 0.0972. The van der Waals surface area contributed by atoms with E-state index < -0.39 is 0 Å². The van der Waals surface area contributed by atoms with Crippen molar-refractivity contribution < 1.29 is 4.79 Å². The number of benzene rings is 2. The second-order valence-corrected chi connectivity index (χ2v) is 7.29. The third-order valence-electron chi connectivity index (χ3n) is 4.01. The fraction of sp³-hybridized carbons (Fsp3) is 0.105. The molecule has 0 aliphatic rings. The molecule has 4 aromatic rings. The lowest BCUT2D eigenvalue weighted by Crippen LogP contribution is -2.32. The van der Waals surface area contributed by atoms with Crippen molar-refractivity contribution in [2.24, 2.45) is 7.05 Å². The van der Waals surface area contributed by atoms with Crippen LogP contribution >= 0.6 is 22.9 Å². The van der Waals surface area contributed by atoms with E-state index in [1.54, 1.807) is 35.0 Å². The second-order valence-electron chi connectivity index (χ2n) is 5.85. The average Bonchev–Trinajstić information content (AvgIpc) is 3.25. The highest BCUT2D eigenvalue weighted by molar-refractivity contribution is 7.22. The van der Waals surface area contributed by atoms with Crippen LogP contribution in [0.25, 0.3) is 10.2 Å². The van der Waals surface area contributed by atoms with Crippen LogP contribution in [0.3, 0.4) is 0 Å². The van der Waals surface area contributed by atoms with Crippen molar-refractivity contribution >= 4 is 44.2 Å². The van der Waals surface area contributed by atoms with Gasteiger partial charge in [-0.25, -0.2) is 9.97 Å². The fourth-order valence-electron chi connectivity index (χ4n) is 2.69. The molecule has 7 heteroatoms. The number of rotatable bonds is 4. The molecular weight excluding hydrogens is 368 g/mol. The van der Waals surface area contributed by atoms with Gasteiger partial charge in [0.1, 0.15) is 0 Å². The van der Waals surface area contributed by atoms with E-state index in [-0.39, 0.29) is 5.91 Å². The monoisotopic (exact) mass is 382 g/mol. The number of carbonyl (C=O) groups is 1. The van der Waals surface area contributed by atoms with E-state index in [2.05, 4.69) is 9.97 Å². The highest BCUT2D eigenvalue weighted by Crippen LogP contribution is 2.32. The van der Waals surface area contributed by atoms with Gasteiger partial charge in [-0.05, 0) is 23.8 Å². The molecule has 0 spiro atoms. The molecule has 2 heterocycles. The largest absolute Gasteiger partial charge is 0.330 e. The Hall–Kier alpha value is -2.70. The van der Waals surface area contributed by atoms with Crippen molar-refractivity contribution in [1.82, 2.24) is 14.5 Å². The quantitative estimate of drug-likeness (QED) is 0.521. The first-order valence-corrected chi connectivity index (χ1v) is 9.20. The van der Waals surface area contributed by atoms with Crippen LogP contribution in [-0.4, -0.2) is 20.4 Å². The Morgan fingerprint density at radius 2 is 2.04 bits per heavy atom. The second kappa shape index (κ2) is 6.90. The zero-order valence-electron chi connectivity index (χ0n) is 14.0. The molecule has 0 saturated heterocycles. The molecule has 0 fully saturated rings. The van der Waals surface area contributed by atoms with Crippen molar-refractivity contribution in [1.29, 1.82) is 0 Å². The molecule has 130 valence electrons. The number of aromatic nitrogens is 3. The number of imidazole rings is 1. The van der Waals surface area contributed by atoms with E-state index in [4.69, 9.17) is 11.6 Å². The normalized spacial score (nSPS) is 11.0. The molecule has 2 aromatic heterocycles. The lowest BCUT2D eigenvalue weighted by atomic mass is 10.2. The Labute approximate surface area is 159 Å². The SMILES string of the molecule is Cn1ccnc1C(=O)N(Cc1ccccc1)c1nc2ccc(Cl)cc2s1. The summed E-state index contributed by atoms with van der Waals surface area (Å²) in [6.45, 7) is 0.417. The molecule has 4 rings (SSSR count). The predicted molar refractivity (Wildman–Crippen MR) is 105 cm³/mol. The van der Waals surface area contributed by atoms with Crippen molar-refractivity contribution in [3.63, 3.8) is 0 Å². The predicted octanol–water partition coefficient (Wildman–Crippen LogP) is 4.53. The first-order chi connectivity index (χ1) is 12.6. The zero-order chi connectivity index (χ0) is 18.1. The summed E-state index contributed by atoms with van der Waals surface area (Å²) in [6, 6.07) is 15.4. The number of nitrogens with zero attached hydrogens (tertiary/aromatic N) is 4. The molecule has 0 N–H and O–H groups in total. The topological polar surface area (TPSA) is 51.0 Å². The summed E-state index contributed by atoms with van der Waals surface area (Å²) in [5.41, 5.74) is 1.84. The van der Waals surface area contributed by atoms with Crippen LogP contribution in [0.5, 0.6) is 0 Å². The molecule has 2 aromatic carbocycles. The summed E-state index contributed by atoms with van der Waals surface area (Å²) in [5, 5.41) is 1.27. The van der Waals surface area contributed by atoms with Crippen LogP contribution in [0.15, 0.2) is 60.9 Å². The van der Waals surface area contributed by atoms with Gasteiger partial charge in [0.05, 0.1) is 16.8 Å². The number of anilines is 1. The number of thiazole rings is 1. The van der Waals surface area contributed by atoms with Crippen LogP contribution < -0.4 is 4.90 Å². The summed E-state index contributed by atoms with van der Waals surface area (Å²) in [6.07, 6.45) is 3.37. The third kappa shape index (κ3) is 3.21. The molecule has 0 aliphatic heterocycles. The molecule has 1 amide bonds. The first kappa shape index (κ1) is 16.8. The molecule has 0 radical (unpaired) electrons. The molecule has 0 saturated carbocycles. The third-order valence-corrected chi connectivity index (χ3v) is 5.29. The van der Waals surface area contributed by atoms with E-state index in [1.807, 2.05) is 42.5 Å². The number of carbonyl (C=O) groups excluding carboxylic acids is 1. The Kier molecular flexibility index (Phi) is 4.44. The maximum absolute atomic E-state index is 13.2. The Morgan fingerprint density at radius 1 is 1.23 bits per heavy atom. The number of aryl methyl sites for hydroxylation is 1. The minimum Gasteiger partial charge on any atom is -0.330 e. The summed E-state index contributed by atoms with van der Waals surface area (Å²) in [5.74, 6) is 0.185. The molecule has 0 aliphatic carbocycles. The minimum absolute atomic E-state index is 0.188. The standard InChI is InChI=1S/C19H15ClN4OS/c1-23-10-9-21-17(23)18(25)24(12-13-5-3-2-4-6-13)19-22-15-8-7-14(20)11-16(15)26-19/h2-11H,12H2,1H3. The van der Waals surface area contributed by atoms with Crippen LogP contribution in [0.4, 0.5) is 5.13 Å².